The second-order valence-electron chi connectivity index (χ2n) is 5.28. The fourth-order valence-corrected chi connectivity index (χ4v) is 2.02. The summed E-state index contributed by atoms with van der Waals surface area (Å²) in [6, 6.07) is 8.11. The average Bonchev–Trinajstić information content (AvgIpc) is 2.66. The van der Waals surface area contributed by atoms with Crippen molar-refractivity contribution in [2.45, 2.75) is 13.0 Å². The normalized spacial score (nSPS) is 11.4. The fraction of sp³-hybridized carbons (Fsp3) is 0.222. The van der Waals surface area contributed by atoms with Gasteiger partial charge in [-0.1, -0.05) is 12.1 Å². The molecule has 0 aliphatic rings. The third-order valence-corrected chi connectivity index (χ3v) is 3.39. The molecule has 6 nitrogen and oxygen atoms in total. The van der Waals surface area contributed by atoms with Crippen LogP contribution in [0.2, 0.25) is 0 Å². The molecule has 0 spiro atoms. The van der Waals surface area contributed by atoms with Gasteiger partial charge in [0.05, 0.1) is 12.8 Å². The molecule has 0 radical (unpaired) electrons. The molecule has 0 aliphatic heterocycles. The number of carbonyl (C=O) groups excluding carboxylic acids is 2. The van der Waals surface area contributed by atoms with Crippen LogP contribution in [0.15, 0.2) is 36.4 Å². The summed E-state index contributed by atoms with van der Waals surface area (Å²) in [6.07, 6.45) is -1.33. The summed E-state index contributed by atoms with van der Waals surface area (Å²) in [5, 5.41) is 2.02. The van der Waals surface area contributed by atoms with Gasteiger partial charge in [0.1, 0.15) is 0 Å². The lowest BCUT2D eigenvalue weighted by molar-refractivity contribution is -0.155. The first kappa shape index (κ1) is 20.1. The molecule has 2 aromatic carbocycles. The minimum Gasteiger partial charge on any atom is -0.493 e. The van der Waals surface area contributed by atoms with Gasteiger partial charge in [0, 0.05) is 0 Å². The lowest BCUT2D eigenvalue weighted by atomic mass is 10.2. The van der Waals surface area contributed by atoms with Crippen LogP contribution in [0, 0.1) is 17.5 Å². The number of hydrogen-bond donors (Lipinski definition) is 1. The fourth-order valence-electron chi connectivity index (χ4n) is 2.02. The van der Waals surface area contributed by atoms with Gasteiger partial charge in [-0.05, 0) is 31.2 Å². The van der Waals surface area contributed by atoms with Gasteiger partial charge in [-0.2, -0.15) is 0 Å². The molecule has 0 unspecified atom stereocenters. The molecule has 144 valence electrons. The van der Waals surface area contributed by atoms with E-state index >= 15 is 0 Å². The Bertz CT molecular complexity index is 844. The molecule has 0 saturated carbocycles. The summed E-state index contributed by atoms with van der Waals surface area (Å²) in [5.74, 6) is -5.75. The largest absolute Gasteiger partial charge is 0.493 e. The maximum atomic E-state index is 13.6. The Kier molecular flexibility index (Phi) is 6.64. The van der Waals surface area contributed by atoms with Crippen molar-refractivity contribution in [3.63, 3.8) is 0 Å². The smallest absolute Gasteiger partial charge is 0.344 e. The number of carbonyl (C=O) groups is 2. The average molecular weight is 383 g/mol. The molecule has 0 aromatic heterocycles. The lowest BCUT2D eigenvalue weighted by Gasteiger charge is -2.15. The van der Waals surface area contributed by atoms with Gasteiger partial charge >= 0.3 is 5.97 Å². The van der Waals surface area contributed by atoms with Gasteiger partial charge in [0.15, 0.2) is 41.7 Å². The zero-order valence-electron chi connectivity index (χ0n) is 14.4. The number of hydrogen-bond acceptors (Lipinski definition) is 5. The van der Waals surface area contributed by atoms with E-state index in [1.807, 2.05) is 5.32 Å². The molecule has 0 bridgehead atoms. The van der Waals surface area contributed by atoms with Crippen LogP contribution >= 0.6 is 0 Å². The maximum Gasteiger partial charge on any atom is 0.344 e. The van der Waals surface area contributed by atoms with E-state index in [2.05, 4.69) is 0 Å². The highest BCUT2D eigenvalue weighted by molar-refractivity contribution is 5.95. The minimum atomic E-state index is -1.72. The second-order valence-corrected chi connectivity index (χ2v) is 5.28. The van der Waals surface area contributed by atoms with Crippen LogP contribution in [-0.4, -0.2) is 31.7 Å². The van der Waals surface area contributed by atoms with Crippen molar-refractivity contribution in [2.75, 3.05) is 19.0 Å². The van der Waals surface area contributed by atoms with E-state index in [0.29, 0.717) is 17.6 Å². The third kappa shape index (κ3) is 5.13. The van der Waals surface area contributed by atoms with Gasteiger partial charge in [0.25, 0.3) is 5.91 Å². The van der Waals surface area contributed by atoms with Crippen LogP contribution in [-0.2, 0) is 14.3 Å². The first-order valence-electron chi connectivity index (χ1n) is 7.73. The Balaban J connectivity index is 1.90. The topological polar surface area (TPSA) is 73.9 Å². The molecule has 2 rings (SSSR count). The summed E-state index contributed by atoms with van der Waals surface area (Å²) < 4.78 is 54.8. The zero-order valence-corrected chi connectivity index (χ0v) is 14.4. The van der Waals surface area contributed by atoms with Crippen molar-refractivity contribution in [3.05, 3.63) is 53.8 Å². The van der Waals surface area contributed by atoms with Crippen LogP contribution in [0.25, 0.3) is 0 Å². The summed E-state index contributed by atoms with van der Waals surface area (Å²) >= 11 is 0. The first-order valence-corrected chi connectivity index (χ1v) is 7.73. The maximum absolute atomic E-state index is 13.6. The molecule has 9 heteroatoms. The number of rotatable bonds is 7. The molecule has 0 saturated heterocycles. The molecule has 0 fully saturated rings. The van der Waals surface area contributed by atoms with Crippen molar-refractivity contribution in [1.82, 2.24) is 0 Å². The Morgan fingerprint density at radius 1 is 1.04 bits per heavy atom. The van der Waals surface area contributed by atoms with E-state index in [9.17, 15) is 22.8 Å². The molecule has 27 heavy (non-hydrogen) atoms. The molecule has 2 aromatic rings. The van der Waals surface area contributed by atoms with Crippen LogP contribution in [0.3, 0.4) is 0 Å². The van der Waals surface area contributed by atoms with Crippen LogP contribution in [0.1, 0.15) is 6.92 Å². The zero-order chi connectivity index (χ0) is 20.0. The van der Waals surface area contributed by atoms with Gasteiger partial charge < -0.3 is 19.5 Å². The number of halogens is 3. The quantitative estimate of drug-likeness (QED) is 0.588. The summed E-state index contributed by atoms with van der Waals surface area (Å²) in [7, 11) is 1.43. The number of nitrogens with one attached hydrogen (secondary N) is 1. The second kappa shape index (κ2) is 8.93. The van der Waals surface area contributed by atoms with Gasteiger partial charge in [-0.15, -0.1) is 0 Å². The predicted molar refractivity (Wildman–Crippen MR) is 89.0 cm³/mol. The minimum absolute atomic E-state index is 0.304. The number of ether oxygens (including phenoxy) is 3. The molecular weight excluding hydrogens is 367 g/mol. The Hall–Kier alpha value is -3.23. The monoisotopic (exact) mass is 383 g/mol. The van der Waals surface area contributed by atoms with E-state index in [1.54, 1.807) is 24.3 Å². The van der Waals surface area contributed by atoms with E-state index in [1.165, 1.54) is 14.0 Å². The van der Waals surface area contributed by atoms with E-state index in [4.69, 9.17) is 14.2 Å². The van der Waals surface area contributed by atoms with Gasteiger partial charge in [-0.3, -0.25) is 4.79 Å². The SMILES string of the molecule is COc1ccccc1OCC(=O)O[C@H](C)C(=O)Nc1ccc(F)c(F)c1F. The van der Waals surface area contributed by atoms with Gasteiger partial charge in [0.2, 0.25) is 0 Å². The van der Waals surface area contributed by atoms with Crippen LogP contribution in [0.5, 0.6) is 11.5 Å². The van der Waals surface area contributed by atoms with E-state index in [0.717, 1.165) is 6.07 Å². The number of methoxy groups -OCH3 is 1. The number of esters is 1. The molecule has 1 atom stereocenters. The van der Waals surface area contributed by atoms with Crippen LogP contribution in [0.4, 0.5) is 18.9 Å². The lowest BCUT2D eigenvalue weighted by Crippen LogP contribution is -2.32. The summed E-state index contributed by atoms with van der Waals surface area (Å²) in [4.78, 5) is 23.7. The highest BCUT2D eigenvalue weighted by Crippen LogP contribution is 2.25. The number of anilines is 1. The highest BCUT2D eigenvalue weighted by atomic mass is 19.2. The van der Waals surface area contributed by atoms with E-state index < -0.39 is 47.7 Å². The number of amides is 1. The Labute approximate surface area is 152 Å². The van der Waals surface area contributed by atoms with Crippen molar-refractivity contribution < 1.29 is 37.0 Å². The summed E-state index contributed by atoms with van der Waals surface area (Å²) in [5.41, 5.74) is -0.577. The number of para-hydroxylation sites is 2. The standard InChI is InChI=1S/C18H16F3NO5/c1-10(18(24)22-12-8-7-11(19)16(20)17(12)21)27-15(23)9-26-14-6-4-3-5-13(14)25-2/h3-8,10H,9H2,1-2H3,(H,22,24)/t10-/m1/s1. The summed E-state index contributed by atoms with van der Waals surface area (Å²) in [6.45, 7) is 0.728. The third-order valence-electron chi connectivity index (χ3n) is 3.39. The molecule has 0 heterocycles. The van der Waals surface area contributed by atoms with E-state index in [-0.39, 0.29) is 0 Å². The Morgan fingerprint density at radius 2 is 1.70 bits per heavy atom. The first-order chi connectivity index (χ1) is 12.8. The number of benzene rings is 2. The van der Waals surface area contributed by atoms with Crippen molar-refractivity contribution in [1.29, 1.82) is 0 Å². The predicted octanol–water partition coefficient (Wildman–Crippen LogP) is 3.06. The highest BCUT2D eigenvalue weighted by Gasteiger charge is 2.21. The van der Waals surface area contributed by atoms with Crippen molar-refractivity contribution in [3.8, 4) is 11.5 Å². The molecule has 0 aliphatic carbocycles. The van der Waals surface area contributed by atoms with Crippen molar-refractivity contribution in [2.24, 2.45) is 0 Å². The van der Waals surface area contributed by atoms with Crippen molar-refractivity contribution >= 4 is 17.6 Å². The molecule has 1 N–H and O–H groups in total. The Morgan fingerprint density at radius 3 is 2.37 bits per heavy atom. The molecule has 1 amide bonds. The van der Waals surface area contributed by atoms with Gasteiger partial charge in [-0.25, -0.2) is 18.0 Å². The van der Waals surface area contributed by atoms with Crippen LogP contribution < -0.4 is 14.8 Å². The molecular formula is C18H16F3NO5.